The molecule has 3 N–H and O–H groups in total. The number of aromatic nitrogens is 1. The number of pyridine rings is 1. The summed E-state index contributed by atoms with van der Waals surface area (Å²) in [6, 6.07) is 1.70. The third-order valence-corrected chi connectivity index (χ3v) is 2.54. The Morgan fingerprint density at radius 3 is 2.76 bits per heavy atom. The van der Waals surface area contributed by atoms with E-state index in [9.17, 15) is 9.59 Å². The van der Waals surface area contributed by atoms with Gasteiger partial charge in [0.1, 0.15) is 0 Å². The molecular weight excluding hydrogens is 286 g/mol. The van der Waals surface area contributed by atoms with Gasteiger partial charge in [0.25, 0.3) is 5.91 Å². The van der Waals surface area contributed by atoms with Gasteiger partial charge < -0.3 is 11.1 Å². The van der Waals surface area contributed by atoms with Gasteiger partial charge in [0, 0.05) is 29.8 Å². The van der Waals surface area contributed by atoms with Gasteiger partial charge in [0.15, 0.2) is 0 Å². The van der Waals surface area contributed by atoms with E-state index in [1.807, 2.05) is 0 Å². The Morgan fingerprint density at radius 2 is 2.12 bits per heavy atom. The minimum Gasteiger partial charge on any atom is -0.370 e. The Morgan fingerprint density at radius 1 is 1.35 bits per heavy atom. The molecule has 2 amide bonds. The van der Waals surface area contributed by atoms with Crippen LogP contribution in [-0.4, -0.2) is 23.3 Å². The quantitative estimate of drug-likeness (QED) is 0.775. The van der Waals surface area contributed by atoms with Gasteiger partial charge in [-0.1, -0.05) is 0 Å². The topological polar surface area (TPSA) is 85.1 Å². The van der Waals surface area contributed by atoms with Crippen LogP contribution in [0.3, 0.4) is 0 Å². The second-order valence-electron chi connectivity index (χ2n) is 3.57. The van der Waals surface area contributed by atoms with Crippen molar-refractivity contribution in [3.8, 4) is 0 Å². The van der Waals surface area contributed by atoms with Crippen LogP contribution in [0, 0.1) is 0 Å². The van der Waals surface area contributed by atoms with Crippen molar-refractivity contribution in [2.75, 3.05) is 6.54 Å². The van der Waals surface area contributed by atoms with Crippen LogP contribution >= 0.6 is 15.9 Å². The van der Waals surface area contributed by atoms with Gasteiger partial charge in [-0.15, -0.1) is 0 Å². The van der Waals surface area contributed by atoms with Crippen LogP contribution < -0.4 is 11.1 Å². The van der Waals surface area contributed by atoms with Gasteiger partial charge in [-0.25, -0.2) is 0 Å². The number of halogens is 1. The van der Waals surface area contributed by atoms with Crippen molar-refractivity contribution in [3.63, 3.8) is 0 Å². The molecule has 0 unspecified atom stereocenters. The van der Waals surface area contributed by atoms with Crippen LogP contribution in [0.1, 0.15) is 29.6 Å². The summed E-state index contributed by atoms with van der Waals surface area (Å²) in [5.41, 5.74) is 5.51. The number of amides is 2. The molecule has 0 saturated heterocycles. The third kappa shape index (κ3) is 5.44. The highest BCUT2D eigenvalue weighted by molar-refractivity contribution is 9.10. The maximum absolute atomic E-state index is 11.6. The normalized spacial score (nSPS) is 9.94. The molecule has 1 heterocycles. The Hall–Kier alpha value is -1.43. The van der Waals surface area contributed by atoms with E-state index in [4.69, 9.17) is 5.73 Å². The summed E-state index contributed by atoms with van der Waals surface area (Å²) >= 11 is 3.25. The highest BCUT2D eigenvalue weighted by Gasteiger charge is 2.05. The Balaban J connectivity index is 2.28. The molecule has 92 valence electrons. The van der Waals surface area contributed by atoms with E-state index in [2.05, 4.69) is 26.2 Å². The van der Waals surface area contributed by atoms with E-state index in [-0.39, 0.29) is 11.8 Å². The van der Waals surface area contributed by atoms with Gasteiger partial charge in [0.2, 0.25) is 5.91 Å². The molecule has 17 heavy (non-hydrogen) atoms. The number of nitrogens with one attached hydrogen (secondary N) is 1. The maximum atomic E-state index is 11.6. The average Bonchev–Trinajstić information content (AvgIpc) is 2.28. The first kappa shape index (κ1) is 13.6. The molecule has 0 saturated carbocycles. The zero-order valence-corrected chi connectivity index (χ0v) is 10.9. The first-order valence-corrected chi connectivity index (χ1v) is 6.06. The van der Waals surface area contributed by atoms with E-state index in [0.29, 0.717) is 24.9 Å². The fourth-order valence-corrected chi connectivity index (χ4v) is 1.63. The summed E-state index contributed by atoms with van der Waals surface area (Å²) in [5.74, 6) is -0.481. The summed E-state index contributed by atoms with van der Waals surface area (Å²) in [6.07, 6.45) is 4.89. The third-order valence-electron chi connectivity index (χ3n) is 2.10. The van der Waals surface area contributed by atoms with E-state index in [0.717, 1.165) is 10.9 Å². The predicted molar refractivity (Wildman–Crippen MR) is 67.3 cm³/mol. The van der Waals surface area contributed by atoms with Crippen molar-refractivity contribution in [1.82, 2.24) is 10.3 Å². The molecule has 0 radical (unpaired) electrons. The monoisotopic (exact) mass is 299 g/mol. The molecule has 0 spiro atoms. The van der Waals surface area contributed by atoms with Crippen molar-refractivity contribution in [1.29, 1.82) is 0 Å². The summed E-state index contributed by atoms with van der Waals surface area (Å²) in [6.45, 7) is 0.526. The second-order valence-corrected chi connectivity index (χ2v) is 4.49. The van der Waals surface area contributed by atoms with Gasteiger partial charge in [-0.05, 0) is 34.8 Å². The zero-order chi connectivity index (χ0) is 12.7. The first-order valence-electron chi connectivity index (χ1n) is 5.26. The van der Waals surface area contributed by atoms with Gasteiger partial charge >= 0.3 is 0 Å². The van der Waals surface area contributed by atoms with Crippen LogP contribution in [0.2, 0.25) is 0 Å². The fraction of sp³-hybridized carbons (Fsp3) is 0.364. The summed E-state index contributed by atoms with van der Waals surface area (Å²) in [7, 11) is 0. The van der Waals surface area contributed by atoms with Crippen LogP contribution in [0.15, 0.2) is 22.9 Å². The highest BCUT2D eigenvalue weighted by Crippen LogP contribution is 2.09. The molecule has 5 nitrogen and oxygen atoms in total. The number of rotatable bonds is 6. The van der Waals surface area contributed by atoms with Crippen LogP contribution in [0.5, 0.6) is 0 Å². The van der Waals surface area contributed by atoms with Gasteiger partial charge in [0.05, 0.1) is 5.56 Å². The smallest absolute Gasteiger partial charge is 0.252 e. The second kappa shape index (κ2) is 7.01. The van der Waals surface area contributed by atoms with E-state index in [1.165, 1.54) is 6.20 Å². The molecule has 1 rings (SSSR count). The molecule has 1 aromatic heterocycles. The molecule has 0 fully saturated rings. The molecule has 0 aromatic carbocycles. The molecule has 0 aliphatic rings. The van der Waals surface area contributed by atoms with Gasteiger partial charge in [-0.3, -0.25) is 14.6 Å². The van der Waals surface area contributed by atoms with Crippen LogP contribution in [-0.2, 0) is 4.79 Å². The Kier molecular flexibility index (Phi) is 5.62. The molecular formula is C11H14BrN3O2. The number of nitrogens with zero attached hydrogens (tertiary/aromatic N) is 1. The number of unbranched alkanes of at least 4 members (excludes halogenated alkanes) is 1. The summed E-state index contributed by atoms with van der Waals surface area (Å²) in [5, 5.41) is 2.75. The summed E-state index contributed by atoms with van der Waals surface area (Å²) < 4.78 is 0.763. The van der Waals surface area contributed by atoms with Crippen LogP contribution in [0.4, 0.5) is 0 Å². The highest BCUT2D eigenvalue weighted by atomic mass is 79.9. The molecule has 6 heteroatoms. The van der Waals surface area contributed by atoms with E-state index < -0.39 is 0 Å². The lowest BCUT2D eigenvalue weighted by Gasteiger charge is -2.04. The number of hydrogen-bond donors (Lipinski definition) is 2. The van der Waals surface area contributed by atoms with Crippen LogP contribution in [0.25, 0.3) is 0 Å². The minimum atomic E-state index is -0.312. The minimum absolute atomic E-state index is 0.169. The average molecular weight is 300 g/mol. The number of carbonyl (C=O) groups excluding carboxylic acids is 2. The molecule has 0 atom stereocenters. The van der Waals surface area contributed by atoms with Crippen molar-refractivity contribution < 1.29 is 9.59 Å². The lowest BCUT2D eigenvalue weighted by Crippen LogP contribution is -2.24. The van der Waals surface area contributed by atoms with E-state index in [1.54, 1.807) is 12.3 Å². The standard InChI is InChI=1S/C11H14BrN3O2/c12-9-5-8(6-14-7-9)11(17)15-4-2-1-3-10(13)16/h5-7H,1-4H2,(H2,13,16)(H,15,17). The number of hydrogen-bond acceptors (Lipinski definition) is 3. The Labute approximate surface area is 108 Å². The first-order chi connectivity index (χ1) is 8.09. The lowest BCUT2D eigenvalue weighted by atomic mass is 10.2. The van der Waals surface area contributed by atoms with Gasteiger partial charge in [-0.2, -0.15) is 0 Å². The Bertz CT molecular complexity index is 409. The molecule has 0 aliphatic heterocycles. The van der Waals surface area contributed by atoms with Crippen molar-refractivity contribution in [2.24, 2.45) is 5.73 Å². The molecule has 0 aliphatic carbocycles. The predicted octanol–water partition coefficient (Wildman–Crippen LogP) is 1.23. The maximum Gasteiger partial charge on any atom is 0.252 e. The SMILES string of the molecule is NC(=O)CCCCNC(=O)c1cncc(Br)c1. The summed E-state index contributed by atoms with van der Waals surface area (Å²) in [4.78, 5) is 26.0. The lowest BCUT2D eigenvalue weighted by molar-refractivity contribution is -0.118. The fourth-order valence-electron chi connectivity index (χ4n) is 1.26. The van der Waals surface area contributed by atoms with Crippen molar-refractivity contribution in [3.05, 3.63) is 28.5 Å². The molecule has 1 aromatic rings. The largest absolute Gasteiger partial charge is 0.370 e. The zero-order valence-electron chi connectivity index (χ0n) is 9.28. The number of carbonyl (C=O) groups is 2. The van der Waals surface area contributed by atoms with E-state index >= 15 is 0 Å². The molecule has 0 bridgehead atoms. The van der Waals surface area contributed by atoms with Crippen molar-refractivity contribution >= 4 is 27.7 Å². The van der Waals surface area contributed by atoms with Crippen molar-refractivity contribution in [2.45, 2.75) is 19.3 Å². The number of primary amides is 1. The number of nitrogens with two attached hydrogens (primary N) is 1.